The van der Waals surface area contributed by atoms with Gasteiger partial charge in [-0.15, -0.1) is 12.4 Å². The summed E-state index contributed by atoms with van der Waals surface area (Å²) in [5.41, 5.74) is 1.59. The number of nitrogens with zero attached hydrogens (tertiary/aromatic N) is 1. The van der Waals surface area contributed by atoms with Crippen LogP contribution in [0, 0.1) is 6.92 Å². The van der Waals surface area contributed by atoms with E-state index < -0.39 is 0 Å². The predicted molar refractivity (Wildman–Crippen MR) is 88.8 cm³/mol. The Morgan fingerprint density at radius 1 is 1.36 bits per heavy atom. The minimum atomic E-state index is -0.0609. The summed E-state index contributed by atoms with van der Waals surface area (Å²) in [4.78, 5) is 14.6. The second-order valence-electron chi connectivity index (χ2n) is 5.13. The minimum absolute atomic E-state index is 0. The van der Waals surface area contributed by atoms with Gasteiger partial charge in [-0.05, 0) is 24.6 Å². The summed E-state index contributed by atoms with van der Waals surface area (Å²) < 4.78 is 5.25. The van der Waals surface area contributed by atoms with Gasteiger partial charge in [-0.25, -0.2) is 0 Å². The zero-order chi connectivity index (χ0) is 14.8. The standard InChI is InChI=1S/C16H17ClN2O2.ClH/c1-11-12(6-9-21-11)16(20)19-8-7-18-10-15(19)13-4-2-3-5-14(13)17;/h2-6,9,15,18H,7-8,10H2,1H3;1H. The molecule has 6 heteroatoms. The number of amides is 1. The number of piperazine rings is 1. The number of carbonyl (C=O) groups is 1. The Balaban J connectivity index is 0.00000176. The molecule has 0 aliphatic carbocycles. The number of furan rings is 1. The number of benzene rings is 1. The maximum absolute atomic E-state index is 12.8. The van der Waals surface area contributed by atoms with Crippen LogP contribution in [-0.4, -0.2) is 30.4 Å². The molecule has 0 spiro atoms. The first-order chi connectivity index (χ1) is 10.2. The van der Waals surface area contributed by atoms with E-state index in [4.69, 9.17) is 16.0 Å². The van der Waals surface area contributed by atoms with Crippen LogP contribution in [0.2, 0.25) is 5.02 Å². The summed E-state index contributed by atoms with van der Waals surface area (Å²) in [5, 5.41) is 4.02. The Morgan fingerprint density at radius 3 is 2.82 bits per heavy atom. The summed E-state index contributed by atoms with van der Waals surface area (Å²) in [7, 11) is 0. The highest BCUT2D eigenvalue weighted by molar-refractivity contribution is 6.31. The van der Waals surface area contributed by atoms with Crippen LogP contribution in [0.5, 0.6) is 0 Å². The van der Waals surface area contributed by atoms with E-state index in [9.17, 15) is 4.79 Å². The monoisotopic (exact) mass is 340 g/mol. The van der Waals surface area contributed by atoms with E-state index in [2.05, 4.69) is 5.32 Å². The second kappa shape index (κ2) is 7.18. The molecule has 4 nitrogen and oxygen atoms in total. The number of halogens is 2. The third kappa shape index (κ3) is 3.14. The Labute approximate surface area is 140 Å². The molecule has 1 aromatic heterocycles. The molecule has 3 rings (SSSR count). The van der Waals surface area contributed by atoms with Gasteiger partial charge in [0.2, 0.25) is 0 Å². The van der Waals surface area contributed by atoms with Crippen molar-refractivity contribution in [1.82, 2.24) is 10.2 Å². The lowest BCUT2D eigenvalue weighted by Gasteiger charge is -2.36. The fourth-order valence-electron chi connectivity index (χ4n) is 2.73. The quantitative estimate of drug-likeness (QED) is 0.910. The molecule has 1 aliphatic rings. The molecule has 0 radical (unpaired) electrons. The SMILES string of the molecule is Cc1occc1C(=O)N1CCNCC1c1ccccc1Cl.Cl. The lowest BCUT2D eigenvalue weighted by Crippen LogP contribution is -2.48. The number of carbonyl (C=O) groups excluding carboxylic acids is 1. The highest BCUT2D eigenvalue weighted by Gasteiger charge is 2.30. The Bertz CT molecular complexity index is 657. The fraction of sp³-hybridized carbons (Fsp3) is 0.312. The van der Waals surface area contributed by atoms with Crippen molar-refractivity contribution < 1.29 is 9.21 Å². The molecule has 1 atom stereocenters. The molecule has 1 fully saturated rings. The van der Waals surface area contributed by atoms with Crippen molar-refractivity contribution in [3.63, 3.8) is 0 Å². The third-order valence-corrected chi connectivity index (χ3v) is 4.20. The lowest BCUT2D eigenvalue weighted by atomic mass is 10.0. The summed E-state index contributed by atoms with van der Waals surface area (Å²) in [6, 6.07) is 9.34. The van der Waals surface area contributed by atoms with Crippen molar-refractivity contribution in [1.29, 1.82) is 0 Å². The zero-order valence-electron chi connectivity index (χ0n) is 12.2. The Kier molecular flexibility index (Phi) is 5.51. The van der Waals surface area contributed by atoms with Crippen LogP contribution in [0.1, 0.15) is 27.7 Å². The molecule has 1 saturated heterocycles. The molecule has 1 aliphatic heterocycles. The van der Waals surface area contributed by atoms with E-state index in [1.165, 1.54) is 0 Å². The highest BCUT2D eigenvalue weighted by atomic mass is 35.5. The Hall–Kier alpha value is -1.49. The molecule has 118 valence electrons. The van der Waals surface area contributed by atoms with Crippen LogP contribution in [0.25, 0.3) is 0 Å². The molecule has 2 aromatic rings. The third-order valence-electron chi connectivity index (χ3n) is 3.86. The van der Waals surface area contributed by atoms with Crippen LogP contribution >= 0.6 is 24.0 Å². The van der Waals surface area contributed by atoms with Gasteiger partial charge in [-0.1, -0.05) is 29.8 Å². The van der Waals surface area contributed by atoms with Crippen molar-refractivity contribution in [3.05, 3.63) is 58.5 Å². The van der Waals surface area contributed by atoms with Crippen LogP contribution in [0.15, 0.2) is 41.0 Å². The van der Waals surface area contributed by atoms with Gasteiger partial charge in [-0.3, -0.25) is 4.79 Å². The molecule has 1 aromatic carbocycles. The summed E-state index contributed by atoms with van der Waals surface area (Å²) in [6.07, 6.45) is 1.55. The average Bonchev–Trinajstić information content (AvgIpc) is 2.93. The molecule has 0 saturated carbocycles. The van der Waals surface area contributed by atoms with Gasteiger partial charge in [0.25, 0.3) is 5.91 Å². The van der Waals surface area contributed by atoms with Crippen molar-refractivity contribution in [2.24, 2.45) is 0 Å². The normalized spacial score (nSPS) is 17.9. The van der Waals surface area contributed by atoms with E-state index in [1.807, 2.05) is 29.2 Å². The van der Waals surface area contributed by atoms with E-state index in [0.717, 1.165) is 12.1 Å². The van der Waals surface area contributed by atoms with Gasteiger partial charge in [0.1, 0.15) is 5.76 Å². The van der Waals surface area contributed by atoms with Gasteiger partial charge in [0.15, 0.2) is 0 Å². The topological polar surface area (TPSA) is 45.5 Å². The second-order valence-corrected chi connectivity index (χ2v) is 5.54. The first-order valence-corrected chi connectivity index (χ1v) is 7.36. The van der Waals surface area contributed by atoms with Gasteiger partial charge in [0.05, 0.1) is 17.9 Å². The predicted octanol–water partition coefficient (Wildman–Crippen LogP) is 3.45. The van der Waals surface area contributed by atoms with Crippen molar-refractivity contribution in [2.75, 3.05) is 19.6 Å². The van der Waals surface area contributed by atoms with Crippen LogP contribution in [0.4, 0.5) is 0 Å². The van der Waals surface area contributed by atoms with Crippen LogP contribution in [0.3, 0.4) is 0 Å². The van der Waals surface area contributed by atoms with Gasteiger partial charge in [0, 0.05) is 24.7 Å². The molecular formula is C16H18Cl2N2O2. The maximum Gasteiger partial charge on any atom is 0.257 e. The van der Waals surface area contributed by atoms with Crippen LogP contribution in [-0.2, 0) is 0 Å². The number of hydrogen-bond donors (Lipinski definition) is 1. The first kappa shape index (κ1) is 16.9. The van der Waals surface area contributed by atoms with Crippen molar-refractivity contribution in [3.8, 4) is 0 Å². The highest BCUT2D eigenvalue weighted by Crippen LogP contribution is 2.30. The minimum Gasteiger partial charge on any atom is -0.469 e. The number of hydrogen-bond acceptors (Lipinski definition) is 3. The zero-order valence-corrected chi connectivity index (χ0v) is 13.8. The maximum atomic E-state index is 12.8. The van der Waals surface area contributed by atoms with Gasteiger partial charge in [-0.2, -0.15) is 0 Å². The van der Waals surface area contributed by atoms with E-state index >= 15 is 0 Å². The summed E-state index contributed by atoms with van der Waals surface area (Å²) in [6.45, 7) is 3.94. The molecule has 22 heavy (non-hydrogen) atoms. The lowest BCUT2D eigenvalue weighted by molar-refractivity contribution is 0.0632. The van der Waals surface area contributed by atoms with E-state index in [0.29, 0.717) is 29.4 Å². The smallest absolute Gasteiger partial charge is 0.257 e. The molecule has 1 amide bonds. The summed E-state index contributed by atoms with van der Waals surface area (Å²) in [5.74, 6) is 0.643. The van der Waals surface area contributed by atoms with E-state index in [1.54, 1.807) is 19.3 Å². The van der Waals surface area contributed by atoms with Gasteiger partial charge < -0.3 is 14.6 Å². The van der Waals surface area contributed by atoms with Crippen LogP contribution < -0.4 is 5.32 Å². The molecule has 0 bridgehead atoms. The number of rotatable bonds is 2. The molecule has 1 N–H and O–H groups in total. The number of nitrogens with one attached hydrogen (secondary N) is 1. The molecule has 2 heterocycles. The van der Waals surface area contributed by atoms with E-state index in [-0.39, 0.29) is 24.4 Å². The fourth-order valence-corrected chi connectivity index (χ4v) is 2.99. The largest absolute Gasteiger partial charge is 0.469 e. The van der Waals surface area contributed by atoms with Gasteiger partial charge >= 0.3 is 0 Å². The Morgan fingerprint density at radius 2 is 2.14 bits per heavy atom. The first-order valence-electron chi connectivity index (χ1n) is 6.98. The molecule has 1 unspecified atom stereocenters. The summed E-state index contributed by atoms with van der Waals surface area (Å²) >= 11 is 6.30. The van der Waals surface area contributed by atoms with Crippen molar-refractivity contribution >= 4 is 29.9 Å². The van der Waals surface area contributed by atoms with Crippen molar-refractivity contribution in [2.45, 2.75) is 13.0 Å². The number of aryl methyl sites for hydroxylation is 1. The molecular weight excluding hydrogens is 323 g/mol. The average molecular weight is 341 g/mol.